The number of hydrogen-bond acceptors (Lipinski definition) is 4. The van der Waals surface area contributed by atoms with E-state index in [9.17, 15) is 4.79 Å². The summed E-state index contributed by atoms with van der Waals surface area (Å²) in [7, 11) is 1.56. The van der Waals surface area contributed by atoms with Gasteiger partial charge in [-0.15, -0.1) is 0 Å². The molecular weight excluding hydrogens is 444 g/mol. The van der Waals surface area contributed by atoms with Gasteiger partial charge in [0.15, 0.2) is 18.1 Å². The highest BCUT2D eigenvalue weighted by Crippen LogP contribution is 2.36. The van der Waals surface area contributed by atoms with Crippen LogP contribution in [0.3, 0.4) is 0 Å². The van der Waals surface area contributed by atoms with Gasteiger partial charge in [-0.2, -0.15) is 0 Å². The van der Waals surface area contributed by atoms with Crippen LogP contribution in [0.5, 0.6) is 11.5 Å². The predicted octanol–water partition coefficient (Wildman–Crippen LogP) is 5.84. The number of para-hydroxylation sites is 1. The van der Waals surface area contributed by atoms with Gasteiger partial charge >= 0.3 is 0 Å². The zero-order chi connectivity index (χ0) is 21.5. The highest BCUT2D eigenvalue weighted by atomic mass is 79.9. The molecule has 3 aromatic carbocycles. The van der Waals surface area contributed by atoms with Crippen LogP contribution in [0.15, 0.2) is 70.1 Å². The normalized spacial score (nSPS) is 10.8. The Morgan fingerprint density at radius 1 is 1.10 bits per heavy atom. The van der Waals surface area contributed by atoms with Gasteiger partial charge < -0.3 is 14.8 Å². The minimum Gasteiger partial charge on any atom is -0.493 e. The molecule has 3 rings (SSSR count). The van der Waals surface area contributed by atoms with E-state index >= 15 is 0 Å². The van der Waals surface area contributed by atoms with Crippen molar-refractivity contribution in [2.45, 2.75) is 13.8 Å². The molecule has 1 amide bonds. The maximum Gasteiger partial charge on any atom is 0.262 e. The number of amides is 1. The van der Waals surface area contributed by atoms with Crippen LogP contribution in [0.2, 0.25) is 0 Å². The molecule has 0 bridgehead atoms. The van der Waals surface area contributed by atoms with Crippen molar-refractivity contribution < 1.29 is 14.3 Å². The molecule has 0 atom stereocenters. The second-order valence-electron chi connectivity index (χ2n) is 6.79. The Hall–Kier alpha value is -3.12. The third kappa shape index (κ3) is 5.70. The zero-order valence-corrected chi connectivity index (χ0v) is 18.7. The van der Waals surface area contributed by atoms with E-state index in [1.807, 2.05) is 61.5 Å². The first-order valence-corrected chi connectivity index (χ1v) is 10.2. The van der Waals surface area contributed by atoms with Crippen LogP contribution in [0.4, 0.5) is 11.4 Å². The third-order valence-electron chi connectivity index (χ3n) is 4.36. The largest absolute Gasteiger partial charge is 0.493 e. The monoisotopic (exact) mass is 466 g/mol. The first kappa shape index (κ1) is 21.6. The lowest BCUT2D eigenvalue weighted by Crippen LogP contribution is -2.20. The quantitative estimate of drug-likeness (QED) is 0.444. The van der Waals surface area contributed by atoms with Gasteiger partial charge in [0.2, 0.25) is 0 Å². The molecule has 0 unspecified atom stereocenters. The lowest BCUT2D eigenvalue weighted by atomic mass is 10.1. The molecule has 0 aliphatic carbocycles. The highest BCUT2D eigenvalue weighted by Gasteiger charge is 2.13. The molecule has 0 radical (unpaired) electrons. The summed E-state index contributed by atoms with van der Waals surface area (Å²) in [4.78, 5) is 16.7. The maximum atomic E-state index is 12.2. The Labute approximate surface area is 184 Å². The second kappa shape index (κ2) is 10.1. The smallest absolute Gasteiger partial charge is 0.262 e. The van der Waals surface area contributed by atoms with Crippen LogP contribution >= 0.6 is 15.9 Å². The Morgan fingerprint density at radius 2 is 1.87 bits per heavy atom. The number of aryl methyl sites for hydroxylation is 2. The van der Waals surface area contributed by atoms with Crippen molar-refractivity contribution in [2.24, 2.45) is 4.99 Å². The fraction of sp³-hybridized carbons (Fsp3) is 0.167. The van der Waals surface area contributed by atoms with E-state index in [2.05, 4.69) is 39.2 Å². The lowest BCUT2D eigenvalue weighted by molar-refractivity contribution is -0.118. The number of carbonyl (C=O) groups is 1. The number of hydrogen-bond donors (Lipinski definition) is 1. The number of ether oxygens (including phenoxy) is 2. The van der Waals surface area contributed by atoms with Crippen molar-refractivity contribution in [1.82, 2.24) is 0 Å². The Morgan fingerprint density at radius 3 is 2.57 bits per heavy atom. The highest BCUT2D eigenvalue weighted by molar-refractivity contribution is 9.10. The number of nitrogens with zero attached hydrogens (tertiary/aromatic N) is 1. The molecule has 0 fully saturated rings. The summed E-state index contributed by atoms with van der Waals surface area (Å²) >= 11 is 3.51. The Bertz CT molecular complexity index is 1070. The summed E-state index contributed by atoms with van der Waals surface area (Å²) in [5, 5.41) is 2.79. The molecular formula is C24H23BrN2O3. The van der Waals surface area contributed by atoms with Gasteiger partial charge in [0.05, 0.1) is 17.3 Å². The number of rotatable bonds is 7. The first-order chi connectivity index (χ1) is 14.5. The average Bonchev–Trinajstić information content (AvgIpc) is 2.72. The molecule has 154 valence electrons. The number of aliphatic imine (C=N–C) groups is 1. The summed E-state index contributed by atoms with van der Waals surface area (Å²) < 4.78 is 11.9. The van der Waals surface area contributed by atoms with E-state index in [1.54, 1.807) is 13.3 Å². The van der Waals surface area contributed by atoms with Gasteiger partial charge in [0.1, 0.15) is 0 Å². The van der Waals surface area contributed by atoms with Crippen LogP contribution in [-0.2, 0) is 4.79 Å². The molecule has 0 aliphatic rings. The summed E-state index contributed by atoms with van der Waals surface area (Å²) in [5.74, 6) is 0.721. The summed E-state index contributed by atoms with van der Waals surface area (Å²) in [6.45, 7) is 3.95. The standard InChI is InChI=1S/C24H23BrN2O3/c1-16-9-10-21(17(2)11-16)26-14-18-12-20(25)24(22(13-18)29-3)30-15-23(28)27-19-7-5-4-6-8-19/h4-14H,15H2,1-3H3,(H,27,28). The molecule has 0 aromatic heterocycles. The molecule has 3 aromatic rings. The molecule has 5 nitrogen and oxygen atoms in total. The summed E-state index contributed by atoms with van der Waals surface area (Å²) in [5.41, 5.74) is 4.79. The van der Waals surface area contributed by atoms with Gasteiger partial charge in [-0.1, -0.05) is 35.9 Å². The van der Waals surface area contributed by atoms with Crippen molar-refractivity contribution >= 4 is 39.4 Å². The maximum absolute atomic E-state index is 12.2. The number of benzene rings is 3. The van der Waals surface area contributed by atoms with Gasteiger partial charge in [0, 0.05) is 11.9 Å². The van der Waals surface area contributed by atoms with Gasteiger partial charge in [0.25, 0.3) is 5.91 Å². The fourth-order valence-corrected chi connectivity index (χ4v) is 3.48. The average molecular weight is 467 g/mol. The van der Waals surface area contributed by atoms with E-state index in [-0.39, 0.29) is 12.5 Å². The number of carbonyl (C=O) groups excluding carboxylic acids is 1. The van der Waals surface area contributed by atoms with E-state index < -0.39 is 0 Å². The number of halogens is 1. The van der Waals surface area contributed by atoms with Gasteiger partial charge in [-0.3, -0.25) is 9.79 Å². The van der Waals surface area contributed by atoms with Crippen LogP contribution < -0.4 is 14.8 Å². The van der Waals surface area contributed by atoms with Gasteiger partial charge in [-0.05, 0) is 71.2 Å². The van der Waals surface area contributed by atoms with Crippen LogP contribution in [0.1, 0.15) is 16.7 Å². The van der Waals surface area contributed by atoms with E-state index in [0.29, 0.717) is 16.0 Å². The van der Waals surface area contributed by atoms with Crippen molar-refractivity contribution in [3.05, 3.63) is 81.8 Å². The summed E-state index contributed by atoms with van der Waals surface area (Å²) in [6.07, 6.45) is 1.77. The van der Waals surface area contributed by atoms with Crippen LogP contribution in [0.25, 0.3) is 0 Å². The fourth-order valence-electron chi connectivity index (χ4n) is 2.90. The third-order valence-corrected chi connectivity index (χ3v) is 4.95. The number of methoxy groups -OCH3 is 1. The van der Waals surface area contributed by atoms with Crippen LogP contribution in [-0.4, -0.2) is 25.8 Å². The minimum absolute atomic E-state index is 0.139. The molecule has 0 aliphatic heterocycles. The molecule has 0 heterocycles. The molecule has 30 heavy (non-hydrogen) atoms. The first-order valence-electron chi connectivity index (χ1n) is 9.43. The molecule has 0 spiro atoms. The van der Waals surface area contributed by atoms with Crippen molar-refractivity contribution in [2.75, 3.05) is 19.0 Å². The lowest BCUT2D eigenvalue weighted by Gasteiger charge is -2.13. The van der Waals surface area contributed by atoms with Gasteiger partial charge in [-0.25, -0.2) is 0 Å². The van der Waals surface area contributed by atoms with Crippen molar-refractivity contribution in [3.63, 3.8) is 0 Å². The molecule has 0 saturated heterocycles. The molecule has 0 saturated carbocycles. The van der Waals surface area contributed by atoms with E-state index in [0.717, 1.165) is 22.5 Å². The van der Waals surface area contributed by atoms with E-state index in [4.69, 9.17) is 9.47 Å². The SMILES string of the molecule is COc1cc(C=Nc2ccc(C)cc2C)cc(Br)c1OCC(=O)Nc1ccccc1. The Kier molecular flexibility index (Phi) is 7.25. The zero-order valence-electron chi connectivity index (χ0n) is 17.1. The second-order valence-corrected chi connectivity index (χ2v) is 7.64. The van der Waals surface area contributed by atoms with E-state index in [1.165, 1.54) is 5.56 Å². The number of nitrogens with one attached hydrogen (secondary N) is 1. The number of anilines is 1. The molecule has 6 heteroatoms. The molecule has 1 N–H and O–H groups in total. The predicted molar refractivity (Wildman–Crippen MR) is 124 cm³/mol. The Balaban J connectivity index is 1.72. The summed E-state index contributed by atoms with van der Waals surface area (Å²) in [6, 6.07) is 19.1. The van der Waals surface area contributed by atoms with Crippen LogP contribution in [0, 0.1) is 13.8 Å². The van der Waals surface area contributed by atoms with Crippen molar-refractivity contribution in [1.29, 1.82) is 0 Å². The van der Waals surface area contributed by atoms with Crippen molar-refractivity contribution in [3.8, 4) is 11.5 Å². The topological polar surface area (TPSA) is 59.9 Å². The minimum atomic E-state index is -0.254.